The van der Waals surface area contributed by atoms with Crippen LogP contribution in [0.15, 0.2) is 18.2 Å². The van der Waals surface area contributed by atoms with Gasteiger partial charge in [-0.25, -0.2) is 0 Å². The molecule has 0 aliphatic rings. The summed E-state index contributed by atoms with van der Waals surface area (Å²) >= 11 is 1.90. The lowest BCUT2D eigenvalue weighted by Crippen LogP contribution is -2.11. The Hall–Kier alpha value is -0.500. The topological polar surface area (TPSA) is 38.0 Å². The molecule has 0 atom stereocenters. The molecule has 2 nitrogen and oxygen atoms in total. The van der Waals surface area contributed by atoms with E-state index < -0.39 is 11.7 Å². The number of nitrogen functional groups attached to an aromatic ring is 1. The van der Waals surface area contributed by atoms with E-state index in [0.29, 0.717) is 3.57 Å². The van der Waals surface area contributed by atoms with Crippen LogP contribution in [0, 0.1) is 3.57 Å². The number of hydrazine groups is 1. The third-order valence-corrected chi connectivity index (χ3v) is 2.39. The molecule has 0 aliphatic heterocycles. The normalized spacial score (nSPS) is 11.5. The highest BCUT2D eigenvalue weighted by molar-refractivity contribution is 14.1. The number of nitrogens with two attached hydrogens (primary N) is 1. The zero-order valence-corrected chi connectivity index (χ0v) is 8.48. The molecule has 3 N–H and O–H groups in total. The Morgan fingerprint density at radius 1 is 1.31 bits per heavy atom. The fraction of sp³-hybridized carbons (Fsp3) is 0.143. The first-order valence-electron chi connectivity index (χ1n) is 3.28. The van der Waals surface area contributed by atoms with E-state index in [1.54, 1.807) is 0 Å². The minimum absolute atomic E-state index is 0.274. The first-order valence-corrected chi connectivity index (χ1v) is 4.36. The molecule has 0 fully saturated rings. The average Bonchev–Trinajstić information content (AvgIpc) is 2.03. The first-order chi connectivity index (χ1) is 5.95. The predicted molar refractivity (Wildman–Crippen MR) is 52.0 cm³/mol. The number of alkyl halides is 3. The van der Waals surface area contributed by atoms with Crippen molar-refractivity contribution in [3.05, 3.63) is 27.3 Å². The van der Waals surface area contributed by atoms with Crippen LogP contribution in [0.4, 0.5) is 18.9 Å². The first kappa shape index (κ1) is 10.6. The van der Waals surface area contributed by atoms with Gasteiger partial charge in [0.1, 0.15) is 0 Å². The van der Waals surface area contributed by atoms with Crippen LogP contribution < -0.4 is 11.3 Å². The minimum Gasteiger partial charge on any atom is -0.323 e. The van der Waals surface area contributed by atoms with Gasteiger partial charge in [0, 0.05) is 3.57 Å². The number of benzene rings is 1. The van der Waals surface area contributed by atoms with Crippen molar-refractivity contribution in [3.8, 4) is 0 Å². The van der Waals surface area contributed by atoms with Crippen molar-refractivity contribution in [1.82, 2.24) is 0 Å². The van der Waals surface area contributed by atoms with Gasteiger partial charge in [-0.1, -0.05) is 0 Å². The summed E-state index contributed by atoms with van der Waals surface area (Å²) in [5, 5.41) is 0. The molecule has 0 saturated heterocycles. The summed E-state index contributed by atoms with van der Waals surface area (Å²) in [5.74, 6) is 5.04. The van der Waals surface area contributed by atoms with Gasteiger partial charge >= 0.3 is 6.18 Å². The van der Waals surface area contributed by atoms with E-state index in [4.69, 9.17) is 5.84 Å². The van der Waals surface area contributed by atoms with Gasteiger partial charge in [0.2, 0.25) is 0 Å². The third kappa shape index (κ3) is 2.47. The van der Waals surface area contributed by atoms with Gasteiger partial charge in [0.15, 0.2) is 0 Å². The zero-order valence-electron chi connectivity index (χ0n) is 6.32. The predicted octanol–water partition coefficient (Wildman–Crippen LogP) is 2.60. The maximum absolute atomic E-state index is 12.2. The molecule has 0 aliphatic carbocycles. The van der Waals surface area contributed by atoms with E-state index in [0.717, 1.165) is 12.1 Å². The highest BCUT2D eigenvalue weighted by Gasteiger charge is 2.30. The fourth-order valence-electron chi connectivity index (χ4n) is 0.812. The van der Waals surface area contributed by atoms with Crippen LogP contribution in [-0.2, 0) is 6.18 Å². The number of hydrogen-bond donors (Lipinski definition) is 2. The maximum atomic E-state index is 12.2. The summed E-state index contributed by atoms with van der Waals surface area (Å²) in [7, 11) is 0. The molecule has 0 unspecified atom stereocenters. The summed E-state index contributed by atoms with van der Waals surface area (Å²) in [6, 6.07) is 3.35. The molecule has 6 heteroatoms. The second-order valence-electron chi connectivity index (χ2n) is 2.34. The zero-order chi connectivity index (χ0) is 10.1. The monoisotopic (exact) mass is 302 g/mol. The smallest absolute Gasteiger partial charge is 0.323 e. The second kappa shape index (κ2) is 3.70. The summed E-state index contributed by atoms with van der Waals surface area (Å²) in [6.07, 6.45) is -4.32. The van der Waals surface area contributed by atoms with Crippen molar-refractivity contribution >= 4 is 28.3 Å². The highest BCUT2D eigenvalue weighted by Crippen LogP contribution is 2.32. The Balaban J connectivity index is 3.14. The molecule has 0 spiro atoms. The number of hydrogen-bond acceptors (Lipinski definition) is 2. The van der Waals surface area contributed by atoms with Crippen molar-refractivity contribution in [2.45, 2.75) is 6.18 Å². The molecular formula is C7H6F3IN2. The third-order valence-electron chi connectivity index (χ3n) is 1.45. The summed E-state index contributed by atoms with van der Waals surface area (Å²) in [5.41, 5.74) is 1.77. The Bertz CT molecular complexity index is 311. The minimum atomic E-state index is -4.32. The summed E-state index contributed by atoms with van der Waals surface area (Å²) in [4.78, 5) is 0. The van der Waals surface area contributed by atoms with Crippen LogP contribution in [0.1, 0.15) is 5.56 Å². The average molecular weight is 302 g/mol. The lowest BCUT2D eigenvalue weighted by molar-refractivity contribution is -0.137. The van der Waals surface area contributed by atoms with Gasteiger partial charge in [0.25, 0.3) is 0 Å². The Morgan fingerprint density at radius 3 is 2.38 bits per heavy atom. The quantitative estimate of drug-likeness (QED) is 0.475. The highest BCUT2D eigenvalue weighted by atomic mass is 127. The molecular weight excluding hydrogens is 296 g/mol. The van der Waals surface area contributed by atoms with Crippen molar-refractivity contribution in [1.29, 1.82) is 0 Å². The SMILES string of the molecule is NNc1cc(C(F)(F)F)ccc1I. The van der Waals surface area contributed by atoms with Crippen molar-refractivity contribution in [3.63, 3.8) is 0 Å². The van der Waals surface area contributed by atoms with E-state index in [1.807, 2.05) is 22.6 Å². The molecule has 0 bridgehead atoms. The number of nitrogens with one attached hydrogen (secondary N) is 1. The largest absolute Gasteiger partial charge is 0.416 e. The molecule has 0 amide bonds. The van der Waals surface area contributed by atoms with Crippen LogP contribution >= 0.6 is 22.6 Å². The Morgan fingerprint density at radius 2 is 1.92 bits per heavy atom. The number of rotatable bonds is 1. The van der Waals surface area contributed by atoms with Gasteiger partial charge in [-0.3, -0.25) is 5.84 Å². The lowest BCUT2D eigenvalue weighted by Gasteiger charge is -2.09. The van der Waals surface area contributed by atoms with Gasteiger partial charge in [0.05, 0.1) is 11.3 Å². The number of anilines is 1. The van der Waals surface area contributed by atoms with Gasteiger partial charge < -0.3 is 5.43 Å². The molecule has 1 rings (SSSR count). The van der Waals surface area contributed by atoms with Gasteiger partial charge in [-0.05, 0) is 40.8 Å². The van der Waals surface area contributed by atoms with Crippen molar-refractivity contribution in [2.75, 3.05) is 5.43 Å². The fourth-order valence-corrected chi connectivity index (χ4v) is 1.30. The lowest BCUT2D eigenvalue weighted by atomic mass is 10.2. The molecule has 0 heterocycles. The van der Waals surface area contributed by atoms with Gasteiger partial charge in [-0.2, -0.15) is 13.2 Å². The van der Waals surface area contributed by atoms with E-state index >= 15 is 0 Å². The van der Waals surface area contributed by atoms with Crippen molar-refractivity contribution < 1.29 is 13.2 Å². The van der Waals surface area contributed by atoms with Crippen molar-refractivity contribution in [2.24, 2.45) is 5.84 Å². The molecule has 1 aromatic rings. The summed E-state index contributed by atoms with van der Waals surface area (Å²) in [6.45, 7) is 0. The van der Waals surface area contributed by atoms with Crippen LogP contribution in [0.2, 0.25) is 0 Å². The van der Waals surface area contributed by atoms with Crippen LogP contribution in [0.3, 0.4) is 0 Å². The molecule has 13 heavy (non-hydrogen) atoms. The second-order valence-corrected chi connectivity index (χ2v) is 3.50. The van der Waals surface area contributed by atoms with E-state index in [9.17, 15) is 13.2 Å². The molecule has 0 aromatic heterocycles. The standard InChI is InChI=1S/C7H6F3IN2/c8-7(9,10)4-1-2-5(11)6(3-4)13-12/h1-3,13H,12H2. The van der Waals surface area contributed by atoms with E-state index in [2.05, 4.69) is 5.43 Å². The van der Waals surface area contributed by atoms with Gasteiger partial charge in [-0.15, -0.1) is 0 Å². The maximum Gasteiger partial charge on any atom is 0.416 e. The Labute approximate surface area is 86.4 Å². The van der Waals surface area contributed by atoms with E-state index in [1.165, 1.54) is 6.07 Å². The van der Waals surface area contributed by atoms with Crippen LogP contribution in [-0.4, -0.2) is 0 Å². The van der Waals surface area contributed by atoms with Crippen LogP contribution in [0.25, 0.3) is 0 Å². The Kier molecular flexibility index (Phi) is 3.01. The molecule has 72 valence electrons. The molecule has 0 saturated carbocycles. The van der Waals surface area contributed by atoms with E-state index in [-0.39, 0.29) is 5.69 Å². The van der Waals surface area contributed by atoms with Crippen LogP contribution in [0.5, 0.6) is 0 Å². The summed E-state index contributed by atoms with van der Waals surface area (Å²) < 4.78 is 37.1. The molecule has 1 aromatic carbocycles. The molecule has 0 radical (unpaired) electrons. The number of halogens is 4.